The molecule has 0 fully saturated rings. The van der Waals surface area contributed by atoms with Crippen molar-refractivity contribution in [2.75, 3.05) is 0 Å². The summed E-state index contributed by atoms with van der Waals surface area (Å²) < 4.78 is 39.5. The predicted octanol–water partition coefficient (Wildman–Crippen LogP) is 0.966. The van der Waals surface area contributed by atoms with Gasteiger partial charge in [0.2, 0.25) is 10.0 Å². The molecule has 0 unspecified atom stereocenters. The maximum atomic E-state index is 13.2. The minimum Gasteiger partial charge on any atom is -0.245 e. The van der Waals surface area contributed by atoms with E-state index in [2.05, 4.69) is 14.7 Å². The van der Waals surface area contributed by atoms with Crippen LogP contribution in [-0.4, -0.2) is 18.4 Å². The van der Waals surface area contributed by atoms with Crippen LogP contribution in [0.2, 0.25) is 0 Å². The average Bonchev–Trinajstić information content (AvgIpc) is 2.46. The first-order chi connectivity index (χ1) is 9.53. The van der Waals surface area contributed by atoms with Gasteiger partial charge >= 0.3 is 0 Å². The summed E-state index contributed by atoms with van der Waals surface area (Å²) in [5, 5.41) is 8.69. The van der Waals surface area contributed by atoms with E-state index in [4.69, 9.17) is 5.26 Å². The van der Waals surface area contributed by atoms with Gasteiger partial charge < -0.3 is 0 Å². The van der Waals surface area contributed by atoms with Gasteiger partial charge in [-0.2, -0.15) is 5.26 Å². The van der Waals surface area contributed by atoms with Gasteiger partial charge in [0.15, 0.2) is 0 Å². The molecule has 0 saturated heterocycles. The third-order valence-electron chi connectivity index (χ3n) is 2.46. The van der Waals surface area contributed by atoms with Crippen molar-refractivity contribution in [3.05, 3.63) is 53.9 Å². The van der Waals surface area contributed by atoms with Crippen molar-refractivity contribution in [1.29, 1.82) is 5.26 Å². The number of nitrogens with one attached hydrogen (secondary N) is 1. The lowest BCUT2D eigenvalue weighted by molar-refractivity contribution is 0.579. The highest BCUT2D eigenvalue weighted by Crippen LogP contribution is 2.14. The second-order valence-electron chi connectivity index (χ2n) is 3.78. The zero-order chi connectivity index (χ0) is 14.6. The minimum absolute atomic E-state index is 0.0237. The topological polar surface area (TPSA) is 95.7 Å². The summed E-state index contributed by atoms with van der Waals surface area (Å²) in [7, 11) is -3.84. The van der Waals surface area contributed by atoms with E-state index in [0.29, 0.717) is 5.69 Å². The van der Waals surface area contributed by atoms with Gasteiger partial charge in [-0.3, -0.25) is 0 Å². The van der Waals surface area contributed by atoms with Crippen molar-refractivity contribution >= 4 is 10.0 Å². The monoisotopic (exact) mass is 292 g/mol. The molecule has 0 aliphatic heterocycles. The molecule has 2 rings (SSSR count). The molecule has 1 N–H and O–H groups in total. The average molecular weight is 292 g/mol. The number of hydrogen-bond donors (Lipinski definition) is 1. The van der Waals surface area contributed by atoms with Gasteiger partial charge in [0.1, 0.15) is 18.2 Å². The Labute approximate surface area is 115 Å². The number of halogens is 1. The van der Waals surface area contributed by atoms with E-state index in [1.54, 1.807) is 12.1 Å². The molecule has 0 spiro atoms. The number of nitriles is 1. The number of hydrogen-bond acceptors (Lipinski definition) is 5. The predicted molar refractivity (Wildman–Crippen MR) is 67.2 cm³/mol. The Kier molecular flexibility index (Phi) is 4.02. The van der Waals surface area contributed by atoms with Gasteiger partial charge in [-0.1, -0.05) is 0 Å². The fourth-order valence-corrected chi connectivity index (χ4v) is 2.46. The van der Waals surface area contributed by atoms with E-state index in [1.807, 2.05) is 0 Å². The number of sulfonamides is 1. The lowest BCUT2D eigenvalue weighted by Gasteiger charge is -2.06. The van der Waals surface area contributed by atoms with E-state index in [-0.39, 0.29) is 17.0 Å². The highest BCUT2D eigenvalue weighted by Gasteiger charge is 2.16. The summed E-state index contributed by atoms with van der Waals surface area (Å²) in [6.07, 6.45) is 2.79. The van der Waals surface area contributed by atoms with Gasteiger partial charge in [-0.05, 0) is 24.3 Å². The van der Waals surface area contributed by atoms with Crippen LogP contribution in [0.15, 0.2) is 41.7 Å². The highest BCUT2D eigenvalue weighted by atomic mass is 32.2. The molecule has 0 aliphatic carbocycles. The molecule has 0 bridgehead atoms. The molecular formula is C12H9FN4O2S. The molecule has 0 aliphatic rings. The van der Waals surface area contributed by atoms with Crippen LogP contribution >= 0.6 is 0 Å². The van der Waals surface area contributed by atoms with Crippen molar-refractivity contribution in [3.8, 4) is 6.07 Å². The summed E-state index contributed by atoms with van der Waals surface area (Å²) in [6, 6.07) is 6.18. The minimum atomic E-state index is -3.84. The number of benzene rings is 1. The summed E-state index contributed by atoms with van der Waals surface area (Å²) in [5.41, 5.74) is 0.168. The first-order valence-corrected chi connectivity index (χ1v) is 6.95. The molecule has 1 aromatic heterocycles. The maximum absolute atomic E-state index is 13.2. The van der Waals surface area contributed by atoms with Crippen molar-refractivity contribution in [2.45, 2.75) is 11.4 Å². The Morgan fingerprint density at radius 2 is 2.15 bits per heavy atom. The van der Waals surface area contributed by atoms with Crippen LogP contribution in [0.3, 0.4) is 0 Å². The summed E-state index contributed by atoms with van der Waals surface area (Å²) in [4.78, 5) is 7.41. The Bertz CT molecular complexity index is 757. The second kappa shape index (κ2) is 5.73. The summed E-state index contributed by atoms with van der Waals surface area (Å²) in [5.74, 6) is -0.762. The maximum Gasteiger partial charge on any atom is 0.240 e. The molecular weight excluding hydrogens is 283 g/mol. The SMILES string of the molecule is N#Cc1cc(S(=O)(=O)NCc2ccncn2)ccc1F. The van der Waals surface area contributed by atoms with E-state index in [0.717, 1.165) is 18.2 Å². The van der Waals surface area contributed by atoms with Crippen molar-refractivity contribution in [3.63, 3.8) is 0 Å². The largest absolute Gasteiger partial charge is 0.245 e. The van der Waals surface area contributed by atoms with Gasteiger partial charge in [0.25, 0.3) is 0 Å². The lowest BCUT2D eigenvalue weighted by Crippen LogP contribution is -2.23. The molecule has 1 aromatic carbocycles. The molecule has 20 heavy (non-hydrogen) atoms. The first-order valence-electron chi connectivity index (χ1n) is 5.47. The Morgan fingerprint density at radius 3 is 2.80 bits per heavy atom. The van der Waals surface area contributed by atoms with Crippen molar-refractivity contribution in [1.82, 2.24) is 14.7 Å². The van der Waals surface area contributed by atoms with Gasteiger partial charge in [-0.25, -0.2) is 27.5 Å². The molecule has 1 heterocycles. The molecule has 0 radical (unpaired) electrons. The van der Waals surface area contributed by atoms with Crippen LogP contribution in [0.5, 0.6) is 0 Å². The first kappa shape index (κ1) is 14.0. The molecule has 0 atom stereocenters. The quantitative estimate of drug-likeness (QED) is 0.905. The van der Waals surface area contributed by atoms with Crippen LogP contribution in [0.25, 0.3) is 0 Å². The molecule has 2 aromatic rings. The van der Waals surface area contributed by atoms with Crippen molar-refractivity contribution in [2.24, 2.45) is 0 Å². The summed E-state index contributed by atoms with van der Waals surface area (Å²) >= 11 is 0. The molecule has 102 valence electrons. The number of aromatic nitrogens is 2. The van der Waals surface area contributed by atoms with Gasteiger partial charge in [0.05, 0.1) is 22.7 Å². The van der Waals surface area contributed by atoms with Gasteiger partial charge in [0, 0.05) is 6.20 Å². The van der Waals surface area contributed by atoms with Crippen LogP contribution < -0.4 is 4.72 Å². The zero-order valence-corrected chi connectivity index (χ0v) is 10.9. The van der Waals surface area contributed by atoms with E-state index >= 15 is 0 Å². The van der Waals surface area contributed by atoms with Crippen LogP contribution in [0.1, 0.15) is 11.3 Å². The lowest BCUT2D eigenvalue weighted by atomic mass is 10.2. The molecule has 6 nitrogen and oxygen atoms in total. The fourth-order valence-electron chi connectivity index (χ4n) is 1.43. The molecule has 0 amide bonds. The van der Waals surface area contributed by atoms with Crippen LogP contribution in [0, 0.1) is 17.1 Å². The smallest absolute Gasteiger partial charge is 0.240 e. The van der Waals surface area contributed by atoms with Crippen molar-refractivity contribution < 1.29 is 12.8 Å². The summed E-state index contributed by atoms with van der Waals surface area (Å²) in [6.45, 7) is -0.0237. The zero-order valence-electron chi connectivity index (χ0n) is 10.1. The van der Waals surface area contributed by atoms with E-state index in [9.17, 15) is 12.8 Å². The third kappa shape index (κ3) is 3.14. The van der Waals surface area contributed by atoms with E-state index < -0.39 is 15.8 Å². The highest BCUT2D eigenvalue weighted by molar-refractivity contribution is 7.89. The Morgan fingerprint density at radius 1 is 1.35 bits per heavy atom. The van der Waals surface area contributed by atoms with Crippen LogP contribution in [-0.2, 0) is 16.6 Å². The normalized spacial score (nSPS) is 11.0. The Balaban J connectivity index is 2.21. The second-order valence-corrected chi connectivity index (χ2v) is 5.55. The Hall–Kier alpha value is -2.37. The van der Waals surface area contributed by atoms with E-state index in [1.165, 1.54) is 12.5 Å². The molecule has 8 heteroatoms. The van der Waals surface area contributed by atoms with Gasteiger partial charge in [-0.15, -0.1) is 0 Å². The number of nitrogens with zero attached hydrogens (tertiary/aromatic N) is 3. The number of rotatable bonds is 4. The standard InChI is InChI=1S/C12H9FN4O2S/c13-12-2-1-11(5-9(12)6-14)20(18,19)17-7-10-3-4-15-8-16-10/h1-5,8,17H,7H2. The molecule has 0 saturated carbocycles. The third-order valence-corrected chi connectivity index (χ3v) is 3.85. The fraction of sp³-hybridized carbons (Fsp3) is 0.0833. The van der Waals surface area contributed by atoms with Crippen LogP contribution in [0.4, 0.5) is 4.39 Å².